The number of nitrogens with one attached hydrogen (secondary N) is 1. The summed E-state index contributed by atoms with van der Waals surface area (Å²) in [4.78, 5) is 8.41. The van der Waals surface area contributed by atoms with Crippen molar-refractivity contribution in [3.05, 3.63) is 30.6 Å². The van der Waals surface area contributed by atoms with E-state index in [9.17, 15) is 0 Å². The maximum Gasteiger partial charge on any atom is 0.137 e. The van der Waals surface area contributed by atoms with E-state index in [-0.39, 0.29) is 6.04 Å². The summed E-state index contributed by atoms with van der Waals surface area (Å²) >= 11 is 0. The maximum absolute atomic E-state index is 5.56. The van der Waals surface area contributed by atoms with Crippen LogP contribution in [0, 0.1) is 0 Å². The van der Waals surface area contributed by atoms with Gasteiger partial charge in [-0.15, -0.1) is 0 Å². The molecule has 1 unspecified atom stereocenters. The lowest BCUT2D eigenvalue weighted by atomic mass is 10.2. The van der Waals surface area contributed by atoms with Gasteiger partial charge in [0, 0.05) is 18.0 Å². The molecule has 0 aliphatic heterocycles. The first-order chi connectivity index (χ1) is 7.31. The largest absolute Gasteiger partial charge is 0.366 e. The van der Waals surface area contributed by atoms with Gasteiger partial charge in [0.25, 0.3) is 0 Å². The Kier molecular flexibility index (Phi) is 2.78. The molecule has 0 aliphatic rings. The molecule has 0 fully saturated rings. The number of rotatable bonds is 3. The zero-order chi connectivity index (χ0) is 10.7. The Hall–Kier alpha value is -1.68. The Labute approximate surface area is 88.5 Å². The van der Waals surface area contributed by atoms with Crippen molar-refractivity contribution in [3.63, 3.8) is 0 Å². The number of benzene rings is 1. The molecule has 0 spiro atoms. The second-order valence-electron chi connectivity index (χ2n) is 3.52. The van der Waals surface area contributed by atoms with Gasteiger partial charge in [0.05, 0.1) is 5.52 Å². The van der Waals surface area contributed by atoms with E-state index in [0.717, 1.165) is 16.7 Å². The minimum atomic E-state index is 0.211. The smallest absolute Gasteiger partial charge is 0.137 e. The minimum absolute atomic E-state index is 0.211. The first-order valence-electron chi connectivity index (χ1n) is 4.97. The lowest BCUT2D eigenvalue weighted by Crippen LogP contribution is -2.25. The highest BCUT2D eigenvalue weighted by molar-refractivity contribution is 5.88. The van der Waals surface area contributed by atoms with Crippen molar-refractivity contribution >= 4 is 16.7 Å². The quantitative estimate of drug-likeness (QED) is 0.789. The second-order valence-corrected chi connectivity index (χ2v) is 3.52. The summed E-state index contributed by atoms with van der Waals surface area (Å²) in [6.07, 6.45) is 1.56. The van der Waals surface area contributed by atoms with Crippen LogP contribution in [-0.2, 0) is 0 Å². The zero-order valence-electron chi connectivity index (χ0n) is 8.64. The van der Waals surface area contributed by atoms with Gasteiger partial charge in [0.15, 0.2) is 0 Å². The van der Waals surface area contributed by atoms with E-state index in [1.165, 1.54) is 0 Å². The van der Waals surface area contributed by atoms with Crippen molar-refractivity contribution in [3.8, 4) is 0 Å². The van der Waals surface area contributed by atoms with Gasteiger partial charge in [-0.2, -0.15) is 0 Å². The lowest BCUT2D eigenvalue weighted by molar-refractivity contribution is 0.799. The van der Waals surface area contributed by atoms with Crippen LogP contribution in [0.25, 0.3) is 10.9 Å². The van der Waals surface area contributed by atoms with Gasteiger partial charge < -0.3 is 11.1 Å². The normalized spacial score (nSPS) is 12.7. The van der Waals surface area contributed by atoms with Gasteiger partial charge >= 0.3 is 0 Å². The van der Waals surface area contributed by atoms with Crippen molar-refractivity contribution in [2.24, 2.45) is 5.73 Å². The third kappa shape index (κ3) is 2.05. The third-order valence-electron chi connectivity index (χ3n) is 2.28. The fourth-order valence-electron chi connectivity index (χ4n) is 1.41. The highest BCUT2D eigenvalue weighted by Crippen LogP contribution is 2.18. The molecular weight excluding hydrogens is 188 g/mol. The average molecular weight is 202 g/mol. The van der Waals surface area contributed by atoms with Crippen LogP contribution in [0.4, 0.5) is 5.82 Å². The van der Waals surface area contributed by atoms with Crippen LogP contribution in [0.3, 0.4) is 0 Å². The van der Waals surface area contributed by atoms with Gasteiger partial charge in [0.1, 0.15) is 12.1 Å². The van der Waals surface area contributed by atoms with Crippen molar-refractivity contribution in [1.82, 2.24) is 9.97 Å². The van der Waals surface area contributed by atoms with E-state index in [2.05, 4.69) is 15.3 Å². The molecule has 4 nitrogen and oxygen atoms in total. The van der Waals surface area contributed by atoms with Crippen LogP contribution in [0.2, 0.25) is 0 Å². The average Bonchev–Trinajstić information content (AvgIpc) is 2.29. The van der Waals surface area contributed by atoms with Crippen LogP contribution >= 0.6 is 0 Å². The Morgan fingerprint density at radius 3 is 2.93 bits per heavy atom. The van der Waals surface area contributed by atoms with E-state index < -0.39 is 0 Å². The first kappa shape index (κ1) is 9.86. The number of nitrogens with zero attached hydrogens (tertiary/aromatic N) is 2. The fraction of sp³-hybridized carbons (Fsp3) is 0.273. The Bertz CT molecular complexity index is 450. The molecule has 1 heterocycles. The number of aromatic nitrogens is 2. The molecule has 3 N–H and O–H groups in total. The Balaban J connectivity index is 2.42. The molecule has 0 amide bonds. The number of nitrogens with two attached hydrogens (primary N) is 1. The van der Waals surface area contributed by atoms with Crippen molar-refractivity contribution in [1.29, 1.82) is 0 Å². The Morgan fingerprint density at radius 1 is 1.33 bits per heavy atom. The molecular formula is C11H14N4. The molecule has 4 heteroatoms. The number of hydrogen-bond acceptors (Lipinski definition) is 4. The number of hydrogen-bond donors (Lipinski definition) is 2. The molecule has 0 radical (unpaired) electrons. The zero-order valence-corrected chi connectivity index (χ0v) is 8.64. The summed E-state index contributed by atoms with van der Waals surface area (Å²) in [5.74, 6) is 0.846. The minimum Gasteiger partial charge on any atom is -0.366 e. The van der Waals surface area contributed by atoms with Gasteiger partial charge in [-0.3, -0.25) is 0 Å². The molecule has 78 valence electrons. The van der Waals surface area contributed by atoms with E-state index in [0.29, 0.717) is 6.54 Å². The van der Waals surface area contributed by atoms with Crippen LogP contribution in [0.15, 0.2) is 30.6 Å². The molecule has 1 aromatic heterocycles. The highest BCUT2D eigenvalue weighted by Gasteiger charge is 2.04. The van der Waals surface area contributed by atoms with Crippen LogP contribution in [0.5, 0.6) is 0 Å². The summed E-state index contributed by atoms with van der Waals surface area (Å²) in [5.41, 5.74) is 6.50. The maximum atomic E-state index is 5.56. The predicted molar refractivity (Wildman–Crippen MR) is 61.7 cm³/mol. The molecule has 15 heavy (non-hydrogen) atoms. The molecule has 0 saturated carbocycles. The van der Waals surface area contributed by atoms with Crippen LogP contribution < -0.4 is 11.1 Å². The SMILES string of the molecule is CC(CN)Nc1ncnc2ccccc12. The lowest BCUT2D eigenvalue weighted by Gasteiger charge is -2.13. The predicted octanol–water partition coefficient (Wildman–Crippen LogP) is 1.39. The van der Waals surface area contributed by atoms with Crippen molar-refractivity contribution in [2.75, 3.05) is 11.9 Å². The monoisotopic (exact) mass is 202 g/mol. The van der Waals surface area contributed by atoms with E-state index >= 15 is 0 Å². The molecule has 1 atom stereocenters. The van der Waals surface area contributed by atoms with E-state index in [4.69, 9.17) is 5.73 Å². The standard InChI is InChI=1S/C11H14N4/c1-8(6-12)15-11-9-4-2-3-5-10(9)13-7-14-11/h2-5,7-8H,6,12H2,1H3,(H,13,14,15). The molecule has 2 aromatic rings. The van der Waals surface area contributed by atoms with Gasteiger partial charge in [-0.25, -0.2) is 9.97 Å². The number of para-hydroxylation sites is 1. The van der Waals surface area contributed by atoms with Crippen LogP contribution in [-0.4, -0.2) is 22.6 Å². The molecule has 0 bridgehead atoms. The molecule has 0 aliphatic carbocycles. The molecule has 1 aromatic carbocycles. The topological polar surface area (TPSA) is 63.8 Å². The van der Waals surface area contributed by atoms with E-state index in [1.807, 2.05) is 31.2 Å². The summed E-state index contributed by atoms with van der Waals surface area (Å²) in [7, 11) is 0. The molecule has 2 rings (SSSR count). The van der Waals surface area contributed by atoms with Crippen molar-refractivity contribution < 1.29 is 0 Å². The van der Waals surface area contributed by atoms with Crippen molar-refractivity contribution in [2.45, 2.75) is 13.0 Å². The van der Waals surface area contributed by atoms with Gasteiger partial charge in [-0.1, -0.05) is 12.1 Å². The summed E-state index contributed by atoms with van der Waals surface area (Å²) in [5, 5.41) is 4.29. The van der Waals surface area contributed by atoms with E-state index in [1.54, 1.807) is 6.33 Å². The second kappa shape index (κ2) is 4.23. The third-order valence-corrected chi connectivity index (χ3v) is 2.28. The fourth-order valence-corrected chi connectivity index (χ4v) is 1.41. The number of anilines is 1. The Morgan fingerprint density at radius 2 is 2.13 bits per heavy atom. The number of fused-ring (bicyclic) bond motifs is 1. The van der Waals surface area contributed by atoms with Crippen LogP contribution in [0.1, 0.15) is 6.92 Å². The van der Waals surface area contributed by atoms with Gasteiger partial charge in [-0.05, 0) is 19.1 Å². The first-order valence-corrected chi connectivity index (χ1v) is 4.97. The summed E-state index contributed by atoms with van der Waals surface area (Å²) < 4.78 is 0. The van der Waals surface area contributed by atoms with Gasteiger partial charge in [0.2, 0.25) is 0 Å². The highest BCUT2D eigenvalue weighted by atomic mass is 15.0. The molecule has 0 saturated heterocycles. The summed E-state index contributed by atoms with van der Waals surface area (Å²) in [6, 6.07) is 8.12. The summed E-state index contributed by atoms with van der Waals surface area (Å²) in [6.45, 7) is 2.61.